The Kier molecular flexibility index (Phi) is 5.42. The van der Waals surface area contributed by atoms with Crippen molar-refractivity contribution in [2.75, 3.05) is 19.0 Å². The fourth-order valence-electron chi connectivity index (χ4n) is 3.84. The minimum Gasteiger partial charge on any atom is -0.513 e. The molecule has 1 aliphatic rings. The summed E-state index contributed by atoms with van der Waals surface area (Å²) in [6, 6.07) is 1.38. The molecule has 0 amide bonds. The molecule has 0 spiro atoms. The van der Waals surface area contributed by atoms with Gasteiger partial charge in [-0.3, -0.25) is 0 Å². The van der Waals surface area contributed by atoms with E-state index in [2.05, 4.69) is 29.2 Å². The van der Waals surface area contributed by atoms with Gasteiger partial charge in [0.05, 0.1) is 9.33 Å². The maximum absolute atomic E-state index is 11.6. The van der Waals surface area contributed by atoms with Crippen molar-refractivity contribution < 1.29 is 15.3 Å². The Labute approximate surface area is 157 Å². The van der Waals surface area contributed by atoms with Crippen molar-refractivity contribution in [2.45, 2.75) is 38.3 Å². The summed E-state index contributed by atoms with van der Waals surface area (Å²) in [5.74, 6) is -0.266. The molecule has 0 fully saturated rings. The average Bonchev–Trinajstić information content (AvgIpc) is 2.47. The van der Waals surface area contributed by atoms with E-state index in [9.17, 15) is 15.3 Å². The number of fused-ring (bicyclic) bond motifs is 1. The molecule has 0 aliphatic heterocycles. The van der Waals surface area contributed by atoms with E-state index in [1.54, 1.807) is 0 Å². The summed E-state index contributed by atoms with van der Waals surface area (Å²) >= 11 is 2.07. The number of allylic oxidation sites excluding steroid dienone is 1. The minimum atomic E-state index is -1.44. The number of aliphatic hydroxyl groups is 2. The Morgan fingerprint density at radius 1 is 1.54 bits per heavy atom. The third-order valence-electron chi connectivity index (χ3n) is 5.16. The van der Waals surface area contributed by atoms with Crippen LogP contribution >= 0.6 is 22.6 Å². The summed E-state index contributed by atoms with van der Waals surface area (Å²) in [4.78, 5) is 1.99. The molecule has 0 aromatic heterocycles. The molecule has 6 heteroatoms. The summed E-state index contributed by atoms with van der Waals surface area (Å²) in [5, 5.41) is 32.0. The highest BCUT2D eigenvalue weighted by molar-refractivity contribution is 14.1. The molecule has 5 nitrogen and oxygen atoms in total. The number of hydrogen-bond acceptors (Lipinski definition) is 5. The van der Waals surface area contributed by atoms with Crippen molar-refractivity contribution in [3.05, 3.63) is 33.1 Å². The first-order chi connectivity index (χ1) is 11.0. The maximum Gasteiger partial charge on any atom is 0.135 e. The highest BCUT2D eigenvalue weighted by atomic mass is 127. The number of nitrogens with two attached hydrogens (primary N) is 1. The first kappa shape index (κ1) is 19.3. The fourth-order valence-corrected chi connectivity index (χ4v) is 4.40. The van der Waals surface area contributed by atoms with E-state index in [0.717, 1.165) is 11.3 Å². The van der Waals surface area contributed by atoms with Crippen molar-refractivity contribution >= 4 is 28.3 Å². The number of hydrogen-bond donors (Lipinski definition) is 4. The zero-order valence-electron chi connectivity index (χ0n) is 14.7. The lowest BCUT2D eigenvalue weighted by Crippen LogP contribution is -2.57. The molecule has 0 saturated carbocycles. The molecule has 4 atom stereocenters. The normalized spacial score (nSPS) is 27.5. The zero-order valence-corrected chi connectivity index (χ0v) is 16.8. The van der Waals surface area contributed by atoms with Crippen LogP contribution in [0.25, 0.3) is 0 Å². The first-order valence-electron chi connectivity index (χ1n) is 8.08. The Morgan fingerprint density at radius 2 is 2.12 bits per heavy atom. The molecule has 2 rings (SSSR count). The summed E-state index contributed by atoms with van der Waals surface area (Å²) in [6.45, 7) is 7.38. The molecule has 1 aromatic carbocycles. The van der Waals surface area contributed by atoms with Gasteiger partial charge in [0.1, 0.15) is 11.4 Å². The second-order valence-electron chi connectivity index (χ2n) is 7.18. The number of phenols is 1. The van der Waals surface area contributed by atoms with Crippen LogP contribution in [0.2, 0.25) is 0 Å². The summed E-state index contributed by atoms with van der Waals surface area (Å²) < 4.78 is 0.672. The van der Waals surface area contributed by atoms with Gasteiger partial charge in [-0.05, 0) is 52.5 Å². The van der Waals surface area contributed by atoms with E-state index in [4.69, 9.17) is 5.73 Å². The highest BCUT2D eigenvalue weighted by Gasteiger charge is 2.50. The van der Waals surface area contributed by atoms with Crippen molar-refractivity contribution in [2.24, 2.45) is 17.6 Å². The van der Waals surface area contributed by atoms with Gasteiger partial charge in [-0.25, -0.2) is 0 Å². The van der Waals surface area contributed by atoms with E-state index >= 15 is 0 Å². The minimum absolute atomic E-state index is 0.000789. The quantitative estimate of drug-likeness (QED) is 0.422. The second-order valence-corrected chi connectivity index (χ2v) is 8.34. The van der Waals surface area contributed by atoms with Gasteiger partial charge >= 0.3 is 0 Å². The van der Waals surface area contributed by atoms with Crippen LogP contribution < -0.4 is 10.6 Å². The van der Waals surface area contributed by atoms with E-state index in [0.29, 0.717) is 15.6 Å². The van der Waals surface area contributed by atoms with Gasteiger partial charge in [-0.15, -0.1) is 0 Å². The summed E-state index contributed by atoms with van der Waals surface area (Å²) in [5.41, 5.74) is 7.36. The van der Waals surface area contributed by atoms with Gasteiger partial charge in [-0.1, -0.05) is 20.4 Å². The smallest absolute Gasteiger partial charge is 0.135 e. The van der Waals surface area contributed by atoms with Gasteiger partial charge in [0, 0.05) is 37.8 Å². The predicted molar refractivity (Wildman–Crippen MR) is 105 cm³/mol. The molecule has 1 aliphatic carbocycles. The molecule has 134 valence electrons. The lowest BCUT2D eigenvalue weighted by Gasteiger charge is -2.47. The second kappa shape index (κ2) is 6.72. The molecule has 1 aromatic rings. The van der Waals surface area contributed by atoms with E-state index < -0.39 is 11.6 Å². The van der Waals surface area contributed by atoms with Crippen LogP contribution in [0.5, 0.6) is 5.75 Å². The lowest BCUT2D eigenvalue weighted by molar-refractivity contribution is -0.0663. The predicted octanol–water partition coefficient (Wildman–Crippen LogP) is 2.87. The third kappa shape index (κ3) is 2.99. The van der Waals surface area contributed by atoms with Gasteiger partial charge in [0.15, 0.2) is 0 Å². The van der Waals surface area contributed by atoms with Gasteiger partial charge in [0.25, 0.3) is 0 Å². The number of nitrogens with zero attached hydrogens (tertiary/aromatic N) is 1. The summed E-state index contributed by atoms with van der Waals surface area (Å²) in [6.07, 6.45) is 0.905. The highest BCUT2D eigenvalue weighted by Crippen LogP contribution is 2.51. The molecular weight excluding hydrogens is 419 g/mol. The number of phenolic OH excluding ortho intramolecular Hbond substituents is 1. The van der Waals surface area contributed by atoms with Crippen molar-refractivity contribution in [3.8, 4) is 5.75 Å². The van der Waals surface area contributed by atoms with Gasteiger partial charge < -0.3 is 26.0 Å². The Balaban J connectivity index is 2.78. The Bertz CT molecular complexity index is 662. The molecule has 3 unspecified atom stereocenters. The SMILES string of the molecule is C=C(O)CC(C)[C@@]1(O)c2c(O)c(I)cc(N(C)C)c2CC(C)C1N. The number of aromatic hydroxyl groups is 1. The maximum atomic E-state index is 11.6. The number of halogens is 1. The van der Waals surface area contributed by atoms with Gasteiger partial charge in [0.2, 0.25) is 0 Å². The largest absolute Gasteiger partial charge is 0.513 e. The van der Waals surface area contributed by atoms with Crippen LogP contribution in [0.3, 0.4) is 0 Å². The number of benzene rings is 1. The number of rotatable bonds is 4. The van der Waals surface area contributed by atoms with Crippen molar-refractivity contribution in [3.63, 3.8) is 0 Å². The van der Waals surface area contributed by atoms with E-state index in [1.165, 1.54) is 0 Å². The first-order valence-corrected chi connectivity index (χ1v) is 9.16. The molecular formula is C18H27IN2O3. The van der Waals surface area contributed by atoms with Crippen LogP contribution in [0.1, 0.15) is 31.4 Å². The van der Waals surface area contributed by atoms with Gasteiger partial charge in [-0.2, -0.15) is 0 Å². The topological polar surface area (TPSA) is 90.0 Å². The van der Waals surface area contributed by atoms with Crippen LogP contribution in [0, 0.1) is 15.4 Å². The Hall–Kier alpha value is -0.990. The fraction of sp³-hybridized carbons (Fsp3) is 0.556. The van der Waals surface area contributed by atoms with Crippen LogP contribution in [-0.2, 0) is 12.0 Å². The monoisotopic (exact) mass is 446 g/mol. The summed E-state index contributed by atoms with van der Waals surface area (Å²) in [7, 11) is 3.89. The number of anilines is 1. The number of aliphatic hydroxyl groups excluding tert-OH is 1. The van der Waals surface area contributed by atoms with Crippen LogP contribution in [0.15, 0.2) is 18.4 Å². The lowest BCUT2D eigenvalue weighted by atomic mass is 9.64. The molecule has 0 heterocycles. The van der Waals surface area contributed by atoms with Crippen LogP contribution in [-0.4, -0.2) is 35.5 Å². The molecule has 0 radical (unpaired) electrons. The van der Waals surface area contributed by atoms with Crippen LogP contribution in [0.4, 0.5) is 5.69 Å². The van der Waals surface area contributed by atoms with E-state index in [-0.39, 0.29) is 29.8 Å². The molecule has 0 saturated heterocycles. The zero-order chi connectivity index (χ0) is 18.4. The Morgan fingerprint density at radius 3 is 2.62 bits per heavy atom. The standard InChI is InChI=1S/C18H27IN2O3/c1-9-6-12-14(21(4)5)8-13(19)16(23)15(12)18(24,17(9)20)10(2)7-11(3)22/h8-10,17,22-24H,3,6-7,20H2,1-2,4-5H3/t9?,10?,17?,18-/m1/s1. The van der Waals surface area contributed by atoms with E-state index in [1.807, 2.05) is 38.9 Å². The van der Waals surface area contributed by atoms with Crippen molar-refractivity contribution in [1.29, 1.82) is 0 Å². The average molecular weight is 446 g/mol. The molecule has 24 heavy (non-hydrogen) atoms. The third-order valence-corrected chi connectivity index (χ3v) is 5.98. The van der Waals surface area contributed by atoms with Crippen molar-refractivity contribution in [1.82, 2.24) is 0 Å². The molecule has 0 bridgehead atoms. The molecule has 5 N–H and O–H groups in total.